The molecule has 1 aliphatic heterocycles. The highest BCUT2D eigenvalue weighted by atomic mass is 32.2. The van der Waals surface area contributed by atoms with E-state index in [1.54, 1.807) is 11.8 Å². The lowest BCUT2D eigenvalue weighted by Crippen LogP contribution is -2.61. The van der Waals surface area contributed by atoms with Crippen molar-refractivity contribution in [3.05, 3.63) is 29.8 Å². The van der Waals surface area contributed by atoms with Crippen molar-refractivity contribution in [2.24, 2.45) is 0 Å². The lowest BCUT2D eigenvalue weighted by Gasteiger charge is -2.44. The summed E-state index contributed by atoms with van der Waals surface area (Å²) in [7, 11) is 0. The monoisotopic (exact) mass is 528 g/mol. The molecule has 0 spiro atoms. The van der Waals surface area contributed by atoms with E-state index in [9.17, 15) is 19.2 Å². The van der Waals surface area contributed by atoms with Crippen LogP contribution in [0.3, 0.4) is 0 Å². The predicted octanol–water partition coefficient (Wildman–Crippen LogP) is 3.50. The van der Waals surface area contributed by atoms with E-state index in [-0.39, 0.29) is 6.61 Å². The Balaban J connectivity index is 2.38. The number of thioether (sulfide) groups is 2. The van der Waals surface area contributed by atoms with Gasteiger partial charge in [0.1, 0.15) is 18.1 Å². The van der Waals surface area contributed by atoms with Crippen molar-refractivity contribution in [3.63, 3.8) is 0 Å². The highest BCUT2D eigenvalue weighted by Gasteiger charge is 2.52. The van der Waals surface area contributed by atoms with E-state index in [0.717, 1.165) is 10.5 Å². The van der Waals surface area contributed by atoms with Gasteiger partial charge in [-0.15, -0.1) is 23.5 Å². The van der Waals surface area contributed by atoms with Gasteiger partial charge in [-0.25, -0.2) is 0 Å². The zero-order valence-electron chi connectivity index (χ0n) is 20.7. The Morgan fingerprint density at radius 3 is 2.00 bits per heavy atom. The minimum absolute atomic E-state index is 0.241. The third kappa shape index (κ3) is 9.38. The van der Waals surface area contributed by atoms with Crippen molar-refractivity contribution < 1.29 is 42.9 Å². The third-order valence-corrected chi connectivity index (χ3v) is 7.00. The van der Waals surface area contributed by atoms with Gasteiger partial charge in [-0.05, 0) is 11.6 Å². The summed E-state index contributed by atoms with van der Waals surface area (Å²) >= 11 is 3.07. The maximum atomic E-state index is 12.0. The number of carbonyl (C=O) groups excluding carboxylic acids is 4. The van der Waals surface area contributed by atoms with Crippen LogP contribution in [0.1, 0.15) is 47.1 Å². The fraction of sp³-hybridized carbons (Fsp3) is 0.583. The van der Waals surface area contributed by atoms with Crippen molar-refractivity contribution in [3.8, 4) is 0 Å². The summed E-state index contributed by atoms with van der Waals surface area (Å²) in [6.07, 6.45) is -4.32. The summed E-state index contributed by atoms with van der Waals surface area (Å²) in [5.41, 5.74) is 0.261. The van der Waals surface area contributed by atoms with Crippen molar-refractivity contribution in [2.75, 3.05) is 6.61 Å². The molecule has 0 aliphatic carbocycles. The highest BCUT2D eigenvalue weighted by Crippen LogP contribution is 2.37. The largest absolute Gasteiger partial charge is 0.463 e. The van der Waals surface area contributed by atoms with Crippen LogP contribution in [0.25, 0.3) is 0 Å². The molecule has 11 heteroatoms. The van der Waals surface area contributed by atoms with Crippen LogP contribution < -0.4 is 0 Å². The van der Waals surface area contributed by atoms with Gasteiger partial charge in [0.05, 0.1) is 0 Å². The lowest BCUT2D eigenvalue weighted by molar-refractivity contribution is -0.237. The first-order valence-corrected chi connectivity index (χ1v) is 13.1. The SMILES string of the molecule is CC(=O)OC[C@H]1O[C@@H](SCc2ccccc2SC(C)C)[C@H](OC(C)=O)[C@@H](OC(C)=O)[C@H]1OC(C)=O. The van der Waals surface area contributed by atoms with Gasteiger partial charge in [0.2, 0.25) is 0 Å². The van der Waals surface area contributed by atoms with Gasteiger partial charge in [-0.2, -0.15) is 0 Å². The van der Waals surface area contributed by atoms with Crippen LogP contribution in [0.4, 0.5) is 0 Å². The average Bonchev–Trinajstić information content (AvgIpc) is 2.74. The average molecular weight is 529 g/mol. The van der Waals surface area contributed by atoms with Crippen LogP contribution in [-0.4, -0.2) is 65.6 Å². The number of rotatable bonds is 10. The van der Waals surface area contributed by atoms with Crippen molar-refractivity contribution in [2.45, 2.75) is 87.3 Å². The molecule has 0 unspecified atom stereocenters. The minimum Gasteiger partial charge on any atom is -0.463 e. The summed E-state index contributed by atoms with van der Waals surface area (Å²) in [5, 5.41) is 0.381. The zero-order valence-corrected chi connectivity index (χ0v) is 22.3. The van der Waals surface area contributed by atoms with Crippen molar-refractivity contribution in [1.29, 1.82) is 0 Å². The summed E-state index contributed by atoms with van der Waals surface area (Å²) < 4.78 is 27.7. The van der Waals surface area contributed by atoms with Crippen LogP contribution in [0, 0.1) is 0 Å². The first-order chi connectivity index (χ1) is 16.5. The van der Waals surface area contributed by atoms with E-state index in [1.807, 2.05) is 24.3 Å². The van der Waals surface area contributed by atoms with Gasteiger partial charge in [-0.1, -0.05) is 32.0 Å². The molecule has 0 radical (unpaired) electrons. The van der Waals surface area contributed by atoms with Gasteiger partial charge in [0.25, 0.3) is 0 Å². The molecule has 1 heterocycles. The molecular weight excluding hydrogens is 496 g/mol. The van der Waals surface area contributed by atoms with E-state index < -0.39 is 53.7 Å². The first kappa shape index (κ1) is 29.0. The Morgan fingerprint density at radius 1 is 0.857 bits per heavy atom. The minimum atomic E-state index is -1.16. The standard InChI is InChI=1S/C24H32O9S2/c1-13(2)35-20-10-8-7-9-18(20)12-34-24-23(32-17(6)28)22(31-16(5)27)21(30-15(4)26)19(33-24)11-29-14(3)25/h7-10,13,19,21-24H,11-12H2,1-6H3/t19-,21+,22+,23-,24+/m1/s1. The van der Waals surface area contributed by atoms with E-state index in [0.29, 0.717) is 11.0 Å². The number of hydrogen-bond acceptors (Lipinski definition) is 11. The van der Waals surface area contributed by atoms with Gasteiger partial charge < -0.3 is 23.7 Å². The molecule has 194 valence electrons. The molecule has 2 rings (SSSR count). The fourth-order valence-corrected chi connectivity index (χ4v) is 5.75. The molecule has 0 aromatic heterocycles. The lowest BCUT2D eigenvalue weighted by atomic mass is 9.99. The summed E-state index contributed by atoms with van der Waals surface area (Å²) in [4.78, 5) is 48.3. The number of benzene rings is 1. The predicted molar refractivity (Wildman–Crippen MR) is 131 cm³/mol. The van der Waals surface area contributed by atoms with E-state index in [4.69, 9.17) is 23.7 Å². The molecule has 1 aliphatic rings. The Kier molecular flexibility index (Phi) is 11.4. The van der Waals surface area contributed by atoms with Gasteiger partial charge >= 0.3 is 23.9 Å². The Bertz CT molecular complexity index is 905. The van der Waals surface area contributed by atoms with Crippen LogP contribution in [-0.2, 0) is 48.6 Å². The van der Waals surface area contributed by atoms with E-state index in [2.05, 4.69) is 13.8 Å². The maximum Gasteiger partial charge on any atom is 0.303 e. The molecule has 1 saturated heterocycles. The zero-order chi connectivity index (χ0) is 26.1. The van der Waals surface area contributed by atoms with Gasteiger partial charge in [0, 0.05) is 43.6 Å². The van der Waals surface area contributed by atoms with Gasteiger partial charge in [0.15, 0.2) is 18.3 Å². The summed E-state index contributed by atoms with van der Waals surface area (Å²) in [6.45, 7) is 8.83. The molecule has 1 aromatic carbocycles. The van der Waals surface area contributed by atoms with Crippen LogP contribution in [0.5, 0.6) is 0 Å². The Hall–Kier alpha value is -2.24. The summed E-state index contributed by atoms with van der Waals surface area (Å²) in [5.74, 6) is -1.97. The second-order valence-corrected chi connectivity index (χ2v) is 10.9. The van der Waals surface area contributed by atoms with Gasteiger partial charge in [-0.3, -0.25) is 19.2 Å². The van der Waals surface area contributed by atoms with Crippen LogP contribution >= 0.6 is 23.5 Å². The smallest absolute Gasteiger partial charge is 0.303 e. The van der Waals surface area contributed by atoms with E-state index >= 15 is 0 Å². The number of esters is 4. The molecule has 1 aromatic rings. The number of hydrogen-bond donors (Lipinski definition) is 0. The molecule has 0 amide bonds. The Labute approximate surface area is 213 Å². The first-order valence-electron chi connectivity index (χ1n) is 11.1. The topological polar surface area (TPSA) is 114 Å². The van der Waals surface area contributed by atoms with Crippen molar-refractivity contribution in [1.82, 2.24) is 0 Å². The molecule has 0 bridgehead atoms. The molecule has 0 N–H and O–H groups in total. The van der Waals surface area contributed by atoms with Crippen molar-refractivity contribution >= 4 is 47.4 Å². The quantitative estimate of drug-likeness (QED) is 0.252. The number of ether oxygens (including phenoxy) is 5. The second kappa shape index (κ2) is 13.7. The van der Waals surface area contributed by atoms with E-state index in [1.165, 1.54) is 39.5 Å². The molecular formula is C24H32O9S2. The molecule has 35 heavy (non-hydrogen) atoms. The van der Waals surface area contributed by atoms with Crippen LogP contribution in [0.15, 0.2) is 29.2 Å². The fourth-order valence-electron chi connectivity index (χ4n) is 3.49. The highest BCUT2D eigenvalue weighted by molar-refractivity contribution is 8.00. The second-order valence-electron chi connectivity index (χ2n) is 8.15. The van der Waals surface area contributed by atoms with Crippen LogP contribution in [0.2, 0.25) is 0 Å². The Morgan fingerprint density at radius 2 is 1.43 bits per heavy atom. The maximum absolute atomic E-state index is 12.0. The number of carbonyl (C=O) groups is 4. The molecule has 9 nitrogen and oxygen atoms in total. The third-order valence-electron chi connectivity index (χ3n) is 4.69. The molecule has 0 saturated carbocycles. The molecule has 5 atom stereocenters. The summed E-state index contributed by atoms with van der Waals surface area (Å²) in [6, 6.07) is 7.94. The normalized spacial score (nSPS) is 23.9. The molecule has 1 fully saturated rings.